The fourth-order valence-corrected chi connectivity index (χ4v) is 1.89. The third-order valence-corrected chi connectivity index (χ3v) is 2.64. The van der Waals surface area contributed by atoms with Crippen LogP contribution < -0.4 is 5.32 Å². The zero-order valence-corrected chi connectivity index (χ0v) is 10.5. The van der Waals surface area contributed by atoms with E-state index in [2.05, 4.69) is 37.9 Å². The second kappa shape index (κ2) is 9.47. The quantitative estimate of drug-likeness (QED) is 0.615. The molecule has 14 heavy (non-hydrogen) atoms. The molecule has 0 aromatic rings. The lowest BCUT2D eigenvalue weighted by atomic mass is 10.1. The maximum atomic E-state index is 3.45. The minimum Gasteiger partial charge on any atom is -0.315 e. The molecule has 1 N–H and O–H groups in total. The minimum absolute atomic E-state index is 0.731. The highest BCUT2D eigenvalue weighted by atomic mass is 15.2. The van der Waals surface area contributed by atoms with E-state index in [-0.39, 0.29) is 0 Å². The normalized spacial score (nSPS) is 13.5. The summed E-state index contributed by atoms with van der Waals surface area (Å²) in [6.45, 7) is 13.7. The lowest BCUT2D eigenvalue weighted by molar-refractivity contribution is 0.187. The van der Waals surface area contributed by atoms with Crippen LogP contribution in [0.4, 0.5) is 0 Å². The van der Waals surface area contributed by atoms with Crippen molar-refractivity contribution < 1.29 is 0 Å². The van der Waals surface area contributed by atoms with Crippen molar-refractivity contribution in [3.05, 3.63) is 0 Å². The summed E-state index contributed by atoms with van der Waals surface area (Å²) in [6.07, 6.45) is 3.79. The Bertz CT molecular complexity index is 109. The molecule has 0 aliphatic carbocycles. The molecule has 86 valence electrons. The molecule has 0 heterocycles. The van der Waals surface area contributed by atoms with E-state index < -0.39 is 0 Å². The van der Waals surface area contributed by atoms with Gasteiger partial charge in [0, 0.05) is 12.6 Å². The Morgan fingerprint density at radius 3 is 1.93 bits per heavy atom. The second-order valence-electron chi connectivity index (χ2n) is 3.91. The molecule has 1 atom stereocenters. The van der Waals surface area contributed by atoms with Gasteiger partial charge in [-0.15, -0.1) is 0 Å². The Morgan fingerprint density at radius 2 is 1.57 bits per heavy atom. The molecule has 0 bridgehead atoms. The predicted octanol–water partition coefficient (Wildman–Crippen LogP) is 2.50. The van der Waals surface area contributed by atoms with Crippen molar-refractivity contribution in [3.63, 3.8) is 0 Å². The molecule has 0 aliphatic heterocycles. The van der Waals surface area contributed by atoms with E-state index in [0.717, 1.165) is 19.1 Å². The first-order valence-electron chi connectivity index (χ1n) is 6.24. The number of hydrogen-bond donors (Lipinski definition) is 1. The molecular weight excluding hydrogens is 172 g/mol. The van der Waals surface area contributed by atoms with Crippen LogP contribution in [-0.2, 0) is 0 Å². The molecule has 0 saturated heterocycles. The Hall–Kier alpha value is -0.0800. The van der Waals surface area contributed by atoms with E-state index in [0.29, 0.717) is 0 Å². The van der Waals surface area contributed by atoms with Crippen molar-refractivity contribution in [1.82, 2.24) is 10.2 Å². The number of likely N-dealkylation sites (N-methyl/N-ethyl adjacent to an activating group) is 1. The smallest absolute Gasteiger partial charge is 0.0218 e. The van der Waals surface area contributed by atoms with Crippen molar-refractivity contribution in [2.75, 3.05) is 26.2 Å². The standard InChI is InChI=1S/C12H28N2/c1-5-9-14(10-6-2)12(7-3)11-13-8-4/h12-13H,5-11H2,1-4H3. The third-order valence-electron chi connectivity index (χ3n) is 2.64. The minimum atomic E-state index is 0.731. The molecule has 0 aliphatic rings. The van der Waals surface area contributed by atoms with Gasteiger partial charge in [0.2, 0.25) is 0 Å². The molecule has 2 nitrogen and oxygen atoms in total. The van der Waals surface area contributed by atoms with Crippen LogP contribution in [0.3, 0.4) is 0 Å². The van der Waals surface area contributed by atoms with Crippen molar-refractivity contribution in [2.45, 2.75) is 53.0 Å². The maximum Gasteiger partial charge on any atom is 0.0218 e. The lowest BCUT2D eigenvalue weighted by Gasteiger charge is -2.30. The number of rotatable bonds is 9. The summed E-state index contributed by atoms with van der Waals surface area (Å²) in [4.78, 5) is 2.63. The zero-order chi connectivity index (χ0) is 10.8. The number of nitrogens with zero attached hydrogens (tertiary/aromatic N) is 1. The Balaban J connectivity index is 3.96. The zero-order valence-electron chi connectivity index (χ0n) is 10.5. The van der Waals surface area contributed by atoms with Gasteiger partial charge in [-0.1, -0.05) is 27.7 Å². The predicted molar refractivity (Wildman–Crippen MR) is 64.8 cm³/mol. The average Bonchev–Trinajstić information content (AvgIpc) is 2.19. The van der Waals surface area contributed by atoms with Crippen LogP contribution in [0.1, 0.15) is 47.0 Å². The van der Waals surface area contributed by atoms with Crippen LogP contribution in [0, 0.1) is 0 Å². The van der Waals surface area contributed by atoms with Crippen LogP contribution in [0.2, 0.25) is 0 Å². The van der Waals surface area contributed by atoms with Crippen LogP contribution >= 0.6 is 0 Å². The summed E-state index contributed by atoms with van der Waals surface area (Å²) in [5.41, 5.74) is 0. The highest BCUT2D eigenvalue weighted by molar-refractivity contribution is 4.72. The van der Waals surface area contributed by atoms with Gasteiger partial charge in [0.1, 0.15) is 0 Å². The van der Waals surface area contributed by atoms with Crippen LogP contribution in [0.15, 0.2) is 0 Å². The van der Waals surface area contributed by atoms with E-state index in [1.165, 1.54) is 32.4 Å². The van der Waals surface area contributed by atoms with Gasteiger partial charge >= 0.3 is 0 Å². The molecule has 0 fully saturated rings. The van der Waals surface area contributed by atoms with Crippen LogP contribution in [-0.4, -0.2) is 37.1 Å². The van der Waals surface area contributed by atoms with Gasteiger partial charge in [0.25, 0.3) is 0 Å². The molecule has 0 spiro atoms. The van der Waals surface area contributed by atoms with E-state index in [1.54, 1.807) is 0 Å². The summed E-state index contributed by atoms with van der Waals surface area (Å²) < 4.78 is 0. The molecule has 0 aromatic carbocycles. The van der Waals surface area contributed by atoms with Gasteiger partial charge in [-0.2, -0.15) is 0 Å². The highest BCUT2D eigenvalue weighted by Gasteiger charge is 2.13. The molecule has 0 radical (unpaired) electrons. The van der Waals surface area contributed by atoms with Gasteiger partial charge in [-0.25, -0.2) is 0 Å². The maximum absolute atomic E-state index is 3.45. The summed E-state index contributed by atoms with van der Waals surface area (Å²) in [7, 11) is 0. The molecule has 0 aromatic heterocycles. The van der Waals surface area contributed by atoms with Crippen molar-refractivity contribution in [1.29, 1.82) is 0 Å². The van der Waals surface area contributed by atoms with Crippen molar-refractivity contribution >= 4 is 0 Å². The summed E-state index contributed by atoms with van der Waals surface area (Å²) in [6, 6.07) is 0.731. The number of nitrogens with one attached hydrogen (secondary N) is 1. The van der Waals surface area contributed by atoms with Gasteiger partial charge in [-0.05, 0) is 38.9 Å². The largest absolute Gasteiger partial charge is 0.315 e. The monoisotopic (exact) mass is 200 g/mol. The molecule has 0 rings (SSSR count). The lowest BCUT2D eigenvalue weighted by Crippen LogP contribution is -2.42. The third kappa shape index (κ3) is 5.61. The van der Waals surface area contributed by atoms with E-state index >= 15 is 0 Å². The molecular formula is C12H28N2. The van der Waals surface area contributed by atoms with E-state index in [4.69, 9.17) is 0 Å². The SMILES string of the molecule is CCCN(CCC)C(CC)CNCC. The highest BCUT2D eigenvalue weighted by Crippen LogP contribution is 2.05. The Kier molecular flexibility index (Phi) is 9.42. The average molecular weight is 200 g/mol. The summed E-state index contributed by atoms with van der Waals surface area (Å²) >= 11 is 0. The Morgan fingerprint density at radius 1 is 1.00 bits per heavy atom. The fourth-order valence-electron chi connectivity index (χ4n) is 1.89. The fraction of sp³-hybridized carbons (Fsp3) is 1.00. The van der Waals surface area contributed by atoms with Crippen LogP contribution in [0.25, 0.3) is 0 Å². The first-order valence-corrected chi connectivity index (χ1v) is 6.24. The molecule has 2 heteroatoms. The summed E-state index contributed by atoms with van der Waals surface area (Å²) in [5, 5.41) is 3.45. The van der Waals surface area contributed by atoms with Gasteiger partial charge < -0.3 is 5.32 Å². The topological polar surface area (TPSA) is 15.3 Å². The first-order chi connectivity index (χ1) is 6.79. The molecule has 0 saturated carbocycles. The van der Waals surface area contributed by atoms with E-state index in [1.807, 2.05) is 0 Å². The van der Waals surface area contributed by atoms with Crippen molar-refractivity contribution in [3.8, 4) is 0 Å². The van der Waals surface area contributed by atoms with Gasteiger partial charge in [0.15, 0.2) is 0 Å². The second-order valence-corrected chi connectivity index (χ2v) is 3.91. The van der Waals surface area contributed by atoms with Gasteiger partial charge in [0.05, 0.1) is 0 Å². The first kappa shape index (κ1) is 13.9. The van der Waals surface area contributed by atoms with Crippen molar-refractivity contribution in [2.24, 2.45) is 0 Å². The van der Waals surface area contributed by atoms with Gasteiger partial charge in [-0.3, -0.25) is 4.90 Å². The number of hydrogen-bond acceptors (Lipinski definition) is 2. The Labute approximate surface area is 90.1 Å². The van der Waals surface area contributed by atoms with Crippen LogP contribution in [0.5, 0.6) is 0 Å². The summed E-state index contributed by atoms with van der Waals surface area (Å²) in [5.74, 6) is 0. The molecule has 1 unspecified atom stereocenters. The van der Waals surface area contributed by atoms with E-state index in [9.17, 15) is 0 Å². The molecule has 0 amide bonds.